The first-order chi connectivity index (χ1) is 10.6. The molecule has 0 aliphatic carbocycles. The van der Waals surface area contributed by atoms with Crippen molar-refractivity contribution in [1.29, 1.82) is 0 Å². The summed E-state index contributed by atoms with van der Waals surface area (Å²) in [7, 11) is 5.73. The largest absolute Gasteiger partial charge is 0.463 e. The van der Waals surface area contributed by atoms with Crippen LogP contribution in [0.5, 0.6) is 0 Å². The van der Waals surface area contributed by atoms with Gasteiger partial charge in [-0.25, -0.2) is 4.79 Å². The smallest absolute Gasteiger partial charge is 0.330 e. The number of allylic oxidation sites excluding steroid dienone is 2. The van der Waals surface area contributed by atoms with Gasteiger partial charge in [0, 0.05) is 33.0 Å². The lowest BCUT2D eigenvalue weighted by molar-refractivity contribution is -0.137. The molecule has 1 aromatic rings. The molecule has 0 spiro atoms. The van der Waals surface area contributed by atoms with Crippen LogP contribution in [0.2, 0.25) is 0 Å². The summed E-state index contributed by atoms with van der Waals surface area (Å²) in [5.41, 5.74) is 2.29. The molecule has 120 valence electrons. The summed E-state index contributed by atoms with van der Waals surface area (Å²) in [6, 6.07) is 8.30. The van der Waals surface area contributed by atoms with E-state index in [9.17, 15) is 4.79 Å². The Balaban J connectivity index is 2.56. The number of esters is 1. The van der Waals surface area contributed by atoms with Crippen LogP contribution in [0.1, 0.15) is 25.0 Å². The summed E-state index contributed by atoms with van der Waals surface area (Å²) in [6.07, 6.45) is 7.64. The lowest BCUT2D eigenvalue weighted by atomic mass is 10.1. The van der Waals surface area contributed by atoms with Crippen LogP contribution in [0.25, 0.3) is 0 Å². The summed E-state index contributed by atoms with van der Waals surface area (Å²) < 4.78 is 10.3. The third-order valence-electron chi connectivity index (χ3n) is 3.18. The Morgan fingerprint density at radius 2 is 1.91 bits per heavy atom. The van der Waals surface area contributed by atoms with Crippen LogP contribution < -0.4 is 4.90 Å². The predicted molar refractivity (Wildman–Crippen MR) is 90.0 cm³/mol. The van der Waals surface area contributed by atoms with Crippen LogP contribution in [0.4, 0.5) is 5.69 Å². The molecule has 1 aromatic carbocycles. The fourth-order valence-corrected chi connectivity index (χ4v) is 1.96. The molecular formula is C18H25NO3. The lowest BCUT2D eigenvalue weighted by Gasteiger charge is -2.16. The zero-order valence-corrected chi connectivity index (χ0v) is 13.8. The fraction of sp³-hybridized carbons (Fsp3) is 0.389. The molecule has 1 rings (SSSR count). The van der Waals surface area contributed by atoms with Crippen LogP contribution in [0.15, 0.2) is 48.6 Å². The molecule has 0 saturated carbocycles. The van der Waals surface area contributed by atoms with E-state index in [1.165, 1.54) is 6.08 Å². The van der Waals surface area contributed by atoms with Gasteiger partial charge in [0.15, 0.2) is 0 Å². The van der Waals surface area contributed by atoms with Crippen molar-refractivity contribution in [1.82, 2.24) is 0 Å². The van der Waals surface area contributed by atoms with E-state index in [0.29, 0.717) is 6.61 Å². The van der Waals surface area contributed by atoms with Crippen molar-refractivity contribution in [3.05, 3.63) is 54.1 Å². The minimum atomic E-state index is -0.324. The highest BCUT2D eigenvalue weighted by atomic mass is 16.5. The van der Waals surface area contributed by atoms with Crippen LogP contribution in [0.3, 0.4) is 0 Å². The molecule has 0 aromatic heterocycles. The van der Waals surface area contributed by atoms with Gasteiger partial charge in [-0.15, -0.1) is 0 Å². The summed E-state index contributed by atoms with van der Waals surface area (Å²) in [5, 5.41) is 0. The zero-order chi connectivity index (χ0) is 16.4. The second-order valence-electron chi connectivity index (χ2n) is 4.99. The summed E-state index contributed by atoms with van der Waals surface area (Å²) >= 11 is 0. The summed E-state index contributed by atoms with van der Waals surface area (Å²) in [6.45, 7) is 2.17. The minimum absolute atomic E-state index is 0.00320. The van der Waals surface area contributed by atoms with E-state index in [1.54, 1.807) is 20.1 Å². The molecule has 0 N–H and O–H groups in total. The number of carbonyl (C=O) groups is 1. The van der Waals surface area contributed by atoms with E-state index >= 15 is 0 Å². The van der Waals surface area contributed by atoms with Crippen LogP contribution in [-0.4, -0.2) is 33.8 Å². The zero-order valence-electron chi connectivity index (χ0n) is 13.8. The van der Waals surface area contributed by atoms with Gasteiger partial charge in [-0.1, -0.05) is 30.4 Å². The van der Waals surface area contributed by atoms with E-state index in [-0.39, 0.29) is 12.1 Å². The molecule has 0 aliphatic rings. The Hall–Kier alpha value is -2.07. The van der Waals surface area contributed by atoms with Crippen molar-refractivity contribution in [2.45, 2.75) is 19.4 Å². The molecule has 1 atom stereocenters. The highest BCUT2D eigenvalue weighted by Gasteiger charge is 2.08. The SMILES string of the molecule is CCOC(=O)/C=C/C=C/CC(OC)c1ccc(N(C)C)cc1. The maximum Gasteiger partial charge on any atom is 0.330 e. The van der Waals surface area contributed by atoms with E-state index in [2.05, 4.69) is 29.2 Å². The normalized spacial score (nSPS) is 12.7. The molecule has 0 amide bonds. The number of methoxy groups -OCH3 is 1. The van der Waals surface area contributed by atoms with Gasteiger partial charge in [0.05, 0.1) is 12.7 Å². The van der Waals surface area contributed by atoms with Crippen molar-refractivity contribution in [3.63, 3.8) is 0 Å². The van der Waals surface area contributed by atoms with Gasteiger partial charge in [-0.05, 0) is 31.0 Å². The Bertz CT molecular complexity index is 504. The van der Waals surface area contributed by atoms with Crippen LogP contribution >= 0.6 is 0 Å². The number of hydrogen-bond acceptors (Lipinski definition) is 4. The van der Waals surface area contributed by atoms with Crippen LogP contribution in [0, 0.1) is 0 Å². The summed E-state index contributed by atoms with van der Waals surface area (Å²) in [4.78, 5) is 13.2. The van der Waals surface area contributed by atoms with E-state index in [0.717, 1.165) is 17.7 Å². The number of rotatable bonds is 8. The van der Waals surface area contributed by atoms with Crippen molar-refractivity contribution in [2.24, 2.45) is 0 Å². The van der Waals surface area contributed by atoms with Gasteiger partial charge >= 0.3 is 5.97 Å². The van der Waals surface area contributed by atoms with Gasteiger partial charge < -0.3 is 14.4 Å². The first-order valence-corrected chi connectivity index (χ1v) is 7.38. The standard InChI is InChI=1S/C18H25NO3/c1-5-22-18(20)10-8-6-7-9-17(21-4)15-11-13-16(14-12-15)19(2)3/h6-8,10-14,17H,5,9H2,1-4H3/b7-6+,10-8+. The highest BCUT2D eigenvalue weighted by Crippen LogP contribution is 2.23. The van der Waals surface area contributed by atoms with Gasteiger partial charge in [-0.2, -0.15) is 0 Å². The molecular weight excluding hydrogens is 278 g/mol. The van der Waals surface area contributed by atoms with Gasteiger partial charge in [0.2, 0.25) is 0 Å². The van der Waals surface area contributed by atoms with E-state index < -0.39 is 0 Å². The maximum atomic E-state index is 11.1. The van der Waals surface area contributed by atoms with Crippen molar-refractivity contribution < 1.29 is 14.3 Å². The summed E-state index contributed by atoms with van der Waals surface area (Å²) in [5.74, 6) is -0.324. The number of nitrogens with zero attached hydrogens (tertiary/aromatic N) is 1. The van der Waals surface area contributed by atoms with E-state index in [1.807, 2.05) is 26.2 Å². The van der Waals surface area contributed by atoms with Crippen LogP contribution in [-0.2, 0) is 14.3 Å². The lowest BCUT2D eigenvalue weighted by Crippen LogP contribution is -2.08. The molecule has 0 radical (unpaired) electrons. The number of benzene rings is 1. The Kier molecular flexibility index (Phi) is 8.00. The monoisotopic (exact) mass is 303 g/mol. The highest BCUT2D eigenvalue weighted by molar-refractivity contribution is 5.82. The second kappa shape index (κ2) is 9.79. The molecule has 4 heteroatoms. The molecule has 0 bridgehead atoms. The first kappa shape index (κ1) is 18.0. The number of ether oxygens (including phenoxy) is 2. The third-order valence-corrected chi connectivity index (χ3v) is 3.18. The van der Waals surface area contributed by atoms with Gasteiger partial charge in [-0.3, -0.25) is 0 Å². The topological polar surface area (TPSA) is 38.8 Å². The molecule has 4 nitrogen and oxygen atoms in total. The number of hydrogen-bond donors (Lipinski definition) is 0. The van der Waals surface area contributed by atoms with Gasteiger partial charge in [0.1, 0.15) is 0 Å². The number of carbonyl (C=O) groups excluding carboxylic acids is 1. The molecule has 0 fully saturated rings. The Morgan fingerprint density at radius 3 is 2.45 bits per heavy atom. The molecule has 0 saturated heterocycles. The third kappa shape index (κ3) is 6.14. The number of anilines is 1. The second-order valence-corrected chi connectivity index (χ2v) is 4.99. The molecule has 22 heavy (non-hydrogen) atoms. The van der Waals surface area contributed by atoms with Crippen molar-refractivity contribution in [2.75, 3.05) is 32.7 Å². The van der Waals surface area contributed by atoms with Crippen molar-refractivity contribution in [3.8, 4) is 0 Å². The quantitative estimate of drug-likeness (QED) is 0.418. The Morgan fingerprint density at radius 1 is 1.23 bits per heavy atom. The average molecular weight is 303 g/mol. The van der Waals surface area contributed by atoms with Crippen molar-refractivity contribution >= 4 is 11.7 Å². The molecule has 1 unspecified atom stereocenters. The minimum Gasteiger partial charge on any atom is -0.463 e. The Labute approximate surface area is 133 Å². The molecule has 0 heterocycles. The molecule has 0 aliphatic heterocycles. The fourth-order valence-electron chi connectivity index (χ4n) is 1.96. The van der Waals surface area contributed by atoms with Gasteiger partial charge in [0.25, 0.3) is 0 Å². The maximum absolute atomic E-state index is 11.1. The predicted octanol–water partition coefficient (Wildman–Crippen LogP) is 3.51. The average Bonchev–Trinajstić information content (AvgIpc) is 2.51. The van der Waals surface area contributed by atoms with E-state index in [4.69, 9.17) is 9.47 Å². The first-order valence-electron chi connectivity index (χ1n) is 7.38.